The zero-order chi connectivity index (χ0) is 8.27. The Hall–Kier alpha value is -0.900. The molecule has 4 heteroatoms. The minimum absolute atomic E-state index is 0.112. The van der Waals surface area contributed by atoms with Crippen molar-refractivity contribution in [1.82, 2.24) is 14.8 Å². The van der Waals surface area contributed by atoms with Gasteiger partial charge in [0.1, 0.15) is 6.33 Å². The molecule has 1 aromatic heterocycles. The molecule has 0 aliphatic rings. The molecule has 1 aromatic rings. The summed E-state index contributed by atoms with van der Waals surface area (Å²) in [5, 5.41) is 12.7. The van der Waals surface area contributed by atoms with Gasteiger partial charge in [0.2, 0.25) is 0 Å². The van der Waals surface area contributed by atoms with E-state index in [0.29, 0.717) is 12.5 Å². The van der Waals surface area contributed by atoms with Gasteiger partial charge in [0.15, 0.2) is 5.82 Å². The summed E-state index contributed by atoms with van der Waals surface area (Å²) in [4.78, 5) is 4.08. The molecule has 0 aliphatic heterocycles. The Kier molecular flexibility index (Phi) is 2.59. The van der Waals surface area contributed by atoms with E-state index in [1.807, 2.05) is 13.8 Å². The van der Waals surface area contributed by atoms with Gasteiger partial charge >= 0.3 is 0 Å². The van der Waals surface area contributed by atoms with E-state index >= 15 is 0 Å². The number of aromatic nitrogens is 3. The van der Waals surface area contributed by atoms with Gasteiger partial charge in [-0.3, -0.25) is 4.68 Å². The zero-order valence-electron chi connectivity index (χ0n) is 6.86. The van der Waals surface area contributed by atoms with Crippen LogP contribution in [0, 0.1) is 0 Å². The first-order valence-corrected chi connectivity index (χ1v) is 3.74. The van der Waals surface area contributed by atoms with E-state index in [-0.39, 0.29) is 6.61 Å². The van der Waals surface area contributed by atoms with Gasteiger partial charge < -0.3 is 5.11 Å². The topological polar surface area (TPSA) is 50.9 Å². The van der Waals surface area contributed by atoms with Crippen LogP contribution in [-0.2, 0) is 6.54 Å². The summed E-state index contributed by atoms with van der Waals surface area (Å²) in [6, 6.07) is 0. The van der Waals surface area contributed by atoms with Gasteiger partial charge in [0.25, 0.3) is 0 Å². The average Bonchev–Trinajstić information content (AvgIpc) is 2.37. The Bertz CT molecular complexity index is 219. The smallest absolute Gasteiger partial charge is 0.153 e. The van der Waals surface area contributed by atoms with Gasteiger partial charge in [0.05, 0.1) is 13.2 Å². The lowest BCUT2D eigenvalue weighted by Gasteiger charge is -1.96. The number of nitrogens with zero attached hydrogens (tertiary/aromatic N) is 3. The van der Waals surface area contributed by atoms with Crippen LogP contribution in [0.25, 0.3) is 0 Å². The molecular weight excluding hydrogens is 142 g/mol. The second kappa shape index (κ2) is 3.48. The van der Waals surface area contributed by atoms with E-state index in [4.69, 9.17) is 5.11 Å². The Morgan fingerprint density at radius 1 is 1.64 bits per heavy atom. The molecule has 1 heterocycles. The molecule has 0 aromatic carbocycles. The third-order valence-electron chi connectivity index (χ3n) is 1.40. The molecule has 1 rings (SSSR count). The Morgan fingerprint density at radius 3 is 2.82 bits per heavy atom. The van der Waals surface area contributed by atoms with Crippen LogP contribution in [0.4, 0.5) is 0 Å². The maximum Gasteiger partial charge on any atom is 0.153 e. The summed E-state index contributed by atoms with van der Waals surface area (Å²) in [5.41, 5.74) is 0. The van der Waals surface area contributed by atoms with E-state index in [9.17, 15) is 0 Å². The van der Waals surface area contributed by atoms with Gasteiger partial charge in [-0.05, 0) is 0 Å². The fraction of sp³-hybridized carbons (Fsp3) is 0.714. The highest BCUT2D eigenvalue weighted by atomic mass is 16.3. The fourth-order valence-electron chi connectivity index (χ4n) is 0.784. The molecule has 0 amide bonds. The van der Waals surface area contributed by atoms with E-state index in [0.717, 1.165) is 5.82 Å². The SMILES string of the molecule is CC(C)c1ncn(CCO)n1. The number of aliphatic hydroxyl groups excluding tert-OH is 1. The first kappa shape index (κ1) is 8.20. The molecule has 0 bridgehead atoms. The molecule has 4 nitrogen and oxygen atoms in total. The van der Waals surface area contributed by atoms with Crippen LogP contribution in [-0.4, -0.2) is 26.5 Å². The van der Waals surface area contributed by atoms with Gasteiger partial charge in [-0.1, -0.05) is 13.8 Å². The molecule has 1 N–H and O–H groups in total. The van der Waals surface area contributed by atoms with Gasteiger partial charge in [-0.15, -0.1) is 0 Å². The van der Waals surface area contributed by atoms with E-state index in [2.05, 4.69) is 10.1 Å². The molecule has 11 heavy (non-hydrogen) atoms. The van der Waals surface area contributed by atoms with Crippen molar-refractivity contribution >= 4 is 0 Å². The van der Waals surface area contributed by atoms with E-state index in [1.54, 1.807) is 11.0 Å². The highest BCUT2D eigenvalue weighted by Crippen LogP contribution is 2.06. The molecule has 0 fully saturated rings. The van der Waals surface area contributed by atoms with Crippen molar-refractivity contribution in [3.63, 3.8) is 0 Å². The molecule has 0 saturated carbocycles. The van der Waals surface area contributed by atoms with Crippen molar-refractivity contribution in [2.45, 2.75) is 26.3 Å². The standard InChI is InChI=1S/C7H13N3O/c1-6(2)7-8-5-10(9-7)3-4-11/h5-6,11H,3-4H2,1-2H3. The Labute approximate surface area is 65.9 Å². The van der Waals surface area contributed by atoms with Crippen molar-refractivity contribution in [3.8, 4) is 0 Å². The molecule has 0 atom stereocenters. The maximum absolute atomic E-state index is 8.58. The summed E-state index contributed by atoms with van der Waals surface area (Å²) in [7, 11) is 0. The highest BCUT2D eigenvalue weighted by molar-refractivity contribution is 4.88. The summed E-state index contributed by atoms with van der Waals surface area (Å²) >= 11 is 0. The van der Waals surface area contributed by atoms with Crippen molar-refractivity contribution in [1.29, 1.82) is 0 Å². The number of hydrogen-bond acceptors (Lipinski definition) is 3. The maximum atomic E-state index is 8.58. The van der Waals surface area contributed by atoms with Gasteiger partial charge in [-0.25, -0.2) is 4.98 Å². The molecule has 0 radical (unpaired) electrons. The van der Waals surface area contributed by atoms with Crippen molar-refractivity contribution in [2.24, 2.45) is 0 Å². The average molecular weight is 155 g/mol. The summed E-state index contributed by atoms with van der Waals surface area (Å²) < 4.78 is 1.65. The fourth-order valence-corrected chi connectivity index (χ4v) is 0.784. The van der Waals surface area contributed by atoms with Gasteiger partial charge in [0, 0.05) is 5.92 Å². The quantitative estimate of drug-likeness (QED) is 0.687. The van der Waals surface area contributed by atoms with Crippen LogP contribution >= 0.6 is 0 Å². The molecule has 62 valence electrons. The van der Waals surface area contributed by atoms with Crippen LogP contribution in [0.5, 0.6) is 0 Å². The first-order chi connectivity index (χ1) is 5.24. The minimum atomic E-state index is 0.112. The predicted octanol–water partition coefficient (Wildman–Crippen LogP) is 0.394. The van der Waals surface area contributed by atoms with E-state index in [1.165, 1.54) is 0 Å². The number of aliphatic hydroxyl groups is 1. The Morgan fingerprint density at radius 2 is 2.36 bits per heavy atom. The monoisotopic (exact) mass is 155 g/mol. The third kappa shape index (κ3) is 2.01. The summed E-state index contributed by atoms with van der Waals surface area (Å²) in [6.45, 7) is 4.72. The van der Waals surface area contributed by atoms with Crippen molar-refractivity contribution < 1.29 is 5.11 Å². The molecule has 0 aliphatic carbocycles. The normalized spacial score (nSPS) is 10.9. The molecule has 0 spiro atoms. The molecule has 0 saturated heterocycles. The van der Waals surface area contributed by atoms with Gasteiger partial charge in [-0.2, -0.15) is 5.10 Å². The second-order valence-electron chi connectivity index (χ2n) is 2.74. The lowest BCUT2D eigenvalue weighted by molar-refractivity contribution is 0.269. The predicted molar refractivity (Wildman–Crippen MR) is 41.2 cm³/mol. The number of hydrogen-bond donors (Lipinski definition) is 1. The lowest BCUT2D eigenvalue weighted by Crippen LogP contribution is -2.03. The zero-order valence-corrected chi connectivity index (χ0v) is 6.86. The Balaban J connectivity index is 2.66. The number of rotatable bonds is 3. The summed E-state index contributed by atoms with van der Waals surface area (Å²) in [5.74, 6) is 1.19. The van der Waals surface area contributed by atoms with Crippen LogP contribution in [0.15, 0.2) is 6.33 Å². The largest absolute Gasteiger partial charge is 0.394 e. The minimum Gasteiger partial charge on any atom is -0.394 e. The van der Waals surface area contributed by atoms with E-state index < -0.39 is 0 Å². The first-order valence-electron chi connectivity index (χ1n) is 3.74. The highest BCUT2D eigenvalue weighted by Gasteiger charge is 2.03. The van der Waals surface area contributed by atoms with Crippen LogP contribution in [0.1, 0.15) is 25.6 Å². The molecular formula is C7H13N3O. The third-order valence-corrected chi connectivity index (χ3v) is 1.40. The molecule has 0 unspecified atom stereocenters. The lowest BCUT2D eigenvalue weighted by atomic mass is 10.2. The summed E-state index contributed by atoms with van der Waals surface area (Å²) in [6.07, 6.45) is 1.64. The van der Waals surface area contributed by atoms with Crippen LogP contribution < -0.4 is 0 Å². The van der Waals surface area contributed by atoms with Crippen molar-refractivity contribution in [2.75, 3.05) is 6.61 Å². The van der Waals surface area contributed by atoms with Crippen LogP contribution in [0.2, 0.25) is 0 Å². The second-order valence-corrected chi connectivity index (χ2v) is 2.74. The van der Waals surface area contributed by atoms with Crippen LogP contribution in [0.3, 0.4) is 0 Å². The van der Waals surface area contributed by atoms with Crippen molar-refractivity contribution in [3.05, 3.63) is 12.2 Å².